The van der Waals surface area contributed by atoms with E-state index in [1.54, 1.807) is 18.3 Å². The Labute approximate surface area is 118 Å². The van der Waals surface area contributed by atoms with Crippen molar-refractivity contribution in [3.63, 3.8) is 0 Å². The summed E-state index contributed by atoms with van der Waals surface area (Å²) in [6.07, 6.45) is 2.84. The molecule has 1 aromatic heterocycles. The third-order valence-corrected chi connectivity index (χ3v) is 3.10. The van der Waals surface area contributed by atoms with Crippen LogP contribution in [0.25, 0.3) is 0 Å². The van der Waals surface area contributed by atoms with E-state index in [4.69, 9.17) is 0 Å². The standard InChI is InChI=1S/C13H16N4O2S/c1-10-14-8-7-13(16-10)9-15-11-3-5-12(6-4-11)17-20(2,18)19/h3-8,15,17H,9H2,1-2H3. The minimum Gasteiger partial charge on any atom is -0.379 e. The lowest BCUT2D eigenvalue weighted by Crippen LogP contribution is -2.09. The topological polar surface area (TPSA) is 84.0 Å². The quantitative estimate of drug-likeness (QED) is 0.877. The van der Waals surface area contributed by atoms with Crippen molar-refractivity contribution in [2.75, 3.05) is 16.3 Å². The van der Waals surface area contributed by atoms with Gasteiger partial charge in [0, 0.05) is 17.6 Å². The van der Waals surface area contributed by atoms with E-state index in [1.807, 2.05) is 25.1 Å². The Balaban J connectivity index is 1.97. The first-order valence-corrected chi connectivity index (χ1v) is 7.92. The average molecular weight is 292 g/mol. The summed E-state index contributed by atoms with van der Waals surface area (Å²) < 4.78 is 24.6. The second kappa shape index (κ2) is 5.87. The smallest absolute Gasteiger partial charge is 0.229 e. The Morgan fingerprint density at radius 2 is 1.75 bits per heavy atom. The number of benzene rings is 1. The monoisotopic (exact) mass is 292 g/mol. The third kappa shape index (κ3) is 4.51. The van der Waals surface area contributed by atoms with Crippen molar-refractivity contribution in [1.29, 1.82) is 0 Å². The molecule has 0 amide bonds. The van der Waals surface area contributed by atoms with E-state index in [2.05, 4.69) is 20.0 Å². The van der Waals surface area contributed by atoms with Crippen LogP contribution < -0.4 is 10.0 Å². The van der Waals surface area contributed by atoms with Crippen molar-refractivity contribution in [3.05, 3.63) is 48.0 Å². The van der Waals surface area contributed by atoms with E-state index in [-0.39, 0.29) is 0 Å². The molecule has 0 atom stereocenters. The number of nitrogens with one attached hydrogen (secondary N) is 2. The highest BCUT2D eigenvalue weighted by atomic mass is 32.2. The lowest BCUT2D eigenvalue weighted by molar-refractivity contribution is 0.607. The number of anilines is 2. The molecule has 20 heavy (non-hydrogen) atoms. The predicted octanol–water partition coefficient (Wildman–Crippen LogP) is 1.77. The molecule has 0 saturated heterocycles. The van der Waals surface area contributed by atoms with Gasteiger partial charge in [-0.2, -0.15) is 0 Å². The molecule has 0 bridgehead atoms. The van der Waals surface area contributed by atoms with Crippen molar-refractivity contribution < 1.29 is 8.42 Å². The summed E-state index contributed by atoms with van der Waals surface area (Å²) >= 11 is 0. The van der Waals surface area contributed by atoms with Gasteiger partial charge < -0.3 is 5.32 Å². The Bertz CT molecular complexity index is 684. The summed E-state index contributed by atoms with van der Waals surface area (Å²) in [5.74, 6) is 0.733. The summed E-state index contributed by atoms with van der Waals surface area (Å²) in [6.45, 7) is 2.43. The fourth-order valence-electron chi connectivity index (χ4n) is 1.67. The van der Waals surface area contributed by atoms with Gasteiger partial charge in [-0.25, -0.2) is 18.4 Å². The molecule has 0 unspecified atom stereocenters. The Morgan fingerprint density at radius 3 is 2.35 bits per heavy atom. The molecular formula is C13H16N4O2S. The van der Waals surface area contributed by atoms with Crippen LogP contribution in [-0.2, 0) is 16.6 Å². The maximum atomic E-state index is 11.1. The van der Waals surface area contributed by atoms with Gasteiger partial charge in [-0.05, 0) is 37.3 Å². The lowest BCUT2D eigenvalue weighted by atomic mass is 10.3. The molecule has 0 spiro atoms. The molecule has 0 saturated carbocycles. The maximum absolute atomic E-state index is 11.1. The molecule has 0 aliphatic carbocycles. The van der Waals surface area contributed by atoms with E-state index in [0.29, 0.717) is 12.2 Å². The van der Waals surface area contributed by atoms with Gasteiger partial charge in [0.2, 0.25) is 10.0 Å². The van der Waals surface area contributed by atoms with Gasteiger partial charge in [0.1, 0.15) is 5.82 Å². The summed E-state index contributed by atoms with van der Waals surface area (Å²) in [5.41, 5.74) is 2.33. The Morgan fingerprint density at radius 1 is 1.10 bits per heavy atom. The predicted molar refractivity (Wildman–Crippen MR) is 79.0 cm³/mol. The zero-order valence-electron chi connectivity index (χ0n) is 11.3. The summed E-state index contributed by atoms with van der Waals surface area (Å²) in [5, 5.41) is 3.21. The molecule has 1 aromatic carbocycles. The van der Waals surface area contributed by atoms with Crippen molar-refractivity contribution in [3.8, 4) is 0 Å². The summed E-state index contributed by atoms with van der Waals surface area (Å²) in [4.78, 5) is 8.33. The van der Waals surface area contributed by atoms with E-state index in [1.165, 1.54) is 0 Å². The normalized spacial score (nSPS) is 11.1. The summed E-state index contributed by atoms with van der Waals surface area (Å²) in [7, 11) is -3.24. The van der Waals surface area contributed by atoms with E-state index in [0.717, 1.165) is 23.5 Å². The van der Waals surface area contributed by atoms with Gasteiger partial charge in [-0.1, -0.05) is 0 Å². The van der Waals surface area contributed by atoms with Crippen LogP contribution in [0.1, 0.15) is 11.5 Å². The van der Waals surface area contributed by atoms with Gasteiger partial charge in [0.25, 0.3) is 0 Å². The number of sulfonamides is 1. The van der Waals surface area contributed by atoms with Crippen molar-refractivity contribution in [2.24, 2.45) is 0 Å². The highest BCUT2D eigenvalue weighted by Crippen LogP contribution is 2.15. The number of aromatic nitrogens is 2. The molecule has 1 heterocycles. The van der Waals surface area contributed by atoms with Gasteiger partial charge in [-0.3, -0.25) is 4.72 Å². The number of nitrogens with zero attached hydrogens (tertiary/aromatic N) is 2. The van der Waals surface area contributed by atoms with Crippen LogP contribution in [0.15, 0.2) is 36.5 Å². The molecule has 106 valence electrons. The van der Waals surface area contributed by atoms with Crippen molar-refractivity contribution in [2.45, 2.75) is 13.5 Å². The zero-order valence-corrected chi connectivity index (χ0v) is 12.1. The highest BCUT2D eigenvalue weighted by Gasteiger charge is 2.01. The van der Waals surface area contributed by atoms with E-state index >= 15 is 0 Å². The average Bonchev–Trinajstić information content (AvgIpc) is 2.36. The number of hydrogen-bond acceptors (Lipinski definition) is 5. The fourth-order valence-corrected chi connectivity index (χ4v) is 2.23. The second-order valence-corrected chi connectivity index (χ2v) is 6.15. The van der Waals surface area contributed by atoms with Crippen LogP contribution in [0, 0.1) is 6.92 Å². The Kier molecular flexibility index (Phi) is 4.19. The number of hydrogen-bond donors (Lipinski definition) is 2. The van der Waals surface area contributed by atoms with Gasteiger partial charge in [0.05, 0.1) is 18.5 Å². The van der Waals surface area contributed by atoms with Gasteiger partial charge in [-0.15, -0.1) is 0 Å². The third-order valence-electron chi connectivity index (χ3n) is 2.50. The van der Waals surface area contributed by atoms with Gasteiger partial charge >= 0.3 is 0 Å². The van der Waals surface area contributed by atoms with Crippen LogP contribution in [0.2, 0.25) is 0 Å². The van der Waals surface area contributed by atoms with Crippen LogP contribution in [0.5, 0.6) is 0 Å². The minimum atomic E-state index is -3.24. The van der Waals surface area contributed by atoms with Gasteiger partial charge in [0.15, 0.2) is 0 Å². The molecule has 6 nitrogen and oxygen atoms in total. The van der Waals surface area contributed by atoms with Crippen LogP contribution in [-0.4, -0.2) is 24.6 Å². The molecule has 2 N–H and O–H groups in total. The first kappa shape index (κ1) is 14.3. The van der Waals surface area contributed by atoms with E-state index in [9.17, 15) is 8.42 Å². The number of rotatable bonds is 5. The second-order valence-electron chi connectivity index (χ2n) is 4.40. The SMILES string of the molecule is Cc1nccc(CNc2ccc(NS(C)(=O)=O)cc2)n1. The minimum absolute atomic E-state index is 0.538. The Hall–Kier alpha value is -2.15. The first-order chi connectivity index (χ1) is 9.42. The highest BCUT2D eigenvalue weighted by molar-refractivity contribution is 7.92. The molecule has 7 heteroatoms. The first-order valence-electron chi connectivity index (χ1n) is 6.03. The lowest BCUT2D eigenvalue weighted by Gasteiger charge is -2.08. The van der Waals surface area contributed by atoms with Crippen LogP contribution in [0.3, 0.4) is 0 Å². The largest absolute Gasteiger partial charge is 0.379 e. The molecule has 2 aromatic rings. The molecule has 2 rings (SSSR count). The number of aryl methyl sites for hydroxylation is 1. The zero-order chi connectivity index (χ0) is 14.6. The molecule has 0 radical (unpaired) electrons. The van der Waals surface area contributed by atoms with Crippen molar-refractivity contribution in [1.82, 2.24) is 9.97 Å². The van der Waals surface area contributed by atoms with Crippen LogP contribution >= 0.6 is 0 Å². The van der Waals surface area contributed by atoms with Crippen molar-refractivity contribution >= 4 is 21.4 Å². The van der Waals surface area contributed by atoms with E-state index < -0.39 is 10.0 Å². The molecule has 0 aliphatic heterocycles. The van der Waals surface area contributed by atoms with Crippen LogP contribution in [0.4, 0.5) is 11.4 Å². The molecule has 0 fully saturated rings. The molecular weight excluding hydrogens is 276 g/mol. The maximum Gasteiger partial charge on any atom is 0.229 e. The summed E-state index contributed by atoms with van der Waals surface area (Å²) in [6, 6.07) is 8.87. The molecule has 0 aliphatic rings. The fraction of sp³-hybridized carbons (Fsp3) is 0.231.